The van der Waals surface area contributed by atoms with Gasteiger partial charge in [0.25, 0.3) is 0 Å². The first-order valence-electron chi connectivity index (χ1n) is 5.19. The molecule has 2 aliphatic rings. The fourth-order valence-electron chi connectivity index (χ4n) is 2.68. The highest BCUT2D eigenvalue weighted by molar-refractivity contribution is 7.99. The molecule has 1 N–H and O–H groups in total. The molecule has 0 aromatic heterocycles. The summed E-state index contributed by atoms with van der Waals surface area (Å²) in [6, 6.07) is 8.26. The molecule has 1 spiro atoms. The standard InChI is InChI=1S/C12H12O2S/c13-11(14)9-7-12(9)5-6-15-10-4-2-1-3-8(10)12/h1-4,9H,5-7H2,(H,13,14). The van der Waals surface area contributed by atoms with Gasteiger partial charge in [0.05, 0.1) is 5.92 Å². The van der Waals surface area contributed by atoms with Crippen LogP contribution in [0.15, 0.2) is 29.2 Å². The number of hydrogen-bond donors (Lipinski definition) is 1. The normalized spacial score (nSPS) is 32.4. The Morgan fingerprint density at radius 3 is 3.00 bits per heavy atom. The van der Waals surface area contributed by atoms with Crippen LogP contribution in [-0.4, -0.2) is 16.8 Å². The number of aliphatic carboxylic acids is 1. The summed E-state index contributed by atoms with van der Waals surface area (Å²) >= 11 is 1.85. The minimum absolute atomic E-state index is 0.0202. The predicted molar refractivity (Wildman–Crippen MR) is 59.2 cm³/mol. The lowest BCUT2D eigenvalue weighted by Gasteiger charge is -2.25. The van der Waals surface area contributed by atoms with Crippen molar-refractivity contribution in [3.63, 3.8) is 0 Å². The lowest BCUT2D eigenvalue weighted by atomic mass is 9.90. The van der Waals surface area contributed by atoms with Crippen LogP contribution in [-0.2, 0) is 10.2 Å². The molecule has 1 saturated carbocycles. The van der Waals surface area contributed by atoms with Crippen LogP contribution in [0.4, 0.5) is 0 Å². The van der Waals surface area contributed by atoms with Crippen LogP contribution in [0.25, 0.3) is 0 Å². The Bertz CT molecular complexity index is 429. The van der Waals surface area contributed by atoms with Crippen LogP contribution >= 0.6 is 11.8 Å². The van der Waals surface area contributed by atoms with Crippen molar-refractivity contribution in [3.8, 4) is 0 Å². The van der Waals surface area contributed by atoms with E-state index in [2.05, 4.69) is 12.1 Å². The minimum atomic E-state index is -0.628. The molecule has 1 aromatic carbocycles. The summed E-state index contributed by atoms with van der Waals surface area (Å²) in [5, 5.41) is 9.09. The molecule has 1 aromatic rings. The van der Waals surface area contributed by atoms with Crippen molar-refractivity contribution in [2.45, 2.75) is 23.2 Å². The second-order valence-corrected chi connectivity index (χ2v) is 5.48. The fourth-order valence-corrected chi connectivity index (χ4v) is 3.97. The number of thioether (sulfide) groups is 1. The first-order valence-corrected chi connectivity index (χ1v) is 6.18. The van der Waals surface area contributed by atoms with E-state index in [4.69, 9.17) is 5.11 Å². The second-order valence-electron chi connectivity index (χ2n) is 4.35. The summed E-state index contributed by atoms with van der Waals surface area (Å²) in [7, 11) is 0. The monoisotopic (exact) mass is 220 g/mol. The molecule has 1 aliphatic heterocycles. The van der Waals surface area contributed by atoms with Crippen molar-refractivity contribution in [2.75, 3.05) is 5.75 Å². The molecule has 0 saturated heterocycles. The molecule has 3 rings (SSSR count). The molecule has 15 heavy (non-hydrogen) atoms. The first-order chi connectivity index (χ1) is 7.24. The van der Waals surface area contributed by atoms with Gasteiger partial charge in [0.1, 0.15) is 0 Å². The van der Waals surface area contributed by atoms with Crippen molar-refractivity contribution >= 4 is 17.7 Å². The summed E-state index contributed by atoms with van der Waals surface area (Å²) in [5.41, 5.74) is 1.25. The number of hydrogen-bond acceptors (Lipinski definition) is 2. The van der Waals surface area contributed by atoms with Crippen LogP contribution in [0.5, 0.6) is 0 Å². The molecule has 3 heteroatoms. The second kappa shape index (κ2) is 3.01. The van der Waals surface area contributed by atoms with Crippen LogP contribution in [0, 0.1) is 5.92 Å². The highest BCUT2D eigenvalue weighted by Gasteiger charge is 2.60. The van der Waals surface area contributed by atoms with Crippen LogP contribution in [0.2, 0.25) is 0 Å². The Balaban J connectivity index is 2.05. The first kappa shape index (κ1) is 9.28. The third-order valence-electron chi connectivity index (χ3n) is 3.60. The Hall–Kier alpha value is -0.960. The third kappa shape index (κ3) is 1.22. The van der Waals surface area contributed by atoms with Gasteiger partial charge in [-0.1, -0.05) is 18.2 Å². The number of fused-ring (bicyclic) bond motifs is 2. The van der Waals surface area contributed by atoms with Crippen molar-refractivity contribution in [1.29, 1.82) is 0 Å². The number of carboxylic acid groups (broad SMARTS) is 1. The van der Waals surface area contributed by atoms with E-state index in [0.29, 0.717) is 0 Å². The summed E-state index contributed by atoms with van der Waals surface area (Å²) in [6.07, 6.45) is 1.85. The molecule has 1 heterocycles. The van der Waals surface area contributed by atoms with Gasteiger partial charge in [0.2, 0.25) is 0 Å². The van der Waals surface area contributed by atoms with Crippen LogP contribution in [0.1, 0.15) is 18.4 Å². The van der Waals surface area contributed by atoms with E-state index in [1.165, 1.54) is 10.5 Å². The molecule has 0 bridgehead atoms. The van der Waals surface area contributed by atoms with Crippen LogP contribution < -0.4 is 0 Å². The SMILES string of the molecule is O=C(O)C1CC12CCSc1ccccc12. The highest BCUT2D eigenvalue weighted by Crippen LogP contribution is 2.61. The largest absolute Gasteiger partial charge is 0.481 e. The molecule has 2 nitrogen and oxygen atoms in total. The number of benzene rings is 1. The zero-order chi connectivity index (χ0) is 10.5. The van der Waals surface area contributed by atoms with Gasteiger partial charge in [-0.3, -0.25) is 4.79 Å². The number of carboxylic acids is 1. The quantitative estimate of drug-likeness (QED) is 0.790. The van der Waals surface area contributed by atoms with Gasteiger partial charge in [-0.25, -0.2) is 0 Å². The smallest absolute Gasteiger partial charge is 0.307 e. The van der Waals surface area contributed by atoms with Crippen molar-refractivity contribution in [1.82, 2.24) is 0 Å². The Labute approximate surface area is 92.7 Å². The molecule has 2 unspecified atom stereocenters. The maximum absolute atomic E-state index is 11.0. The summed E-state index contributed by atoms with van der Waals surface area (Å²) in [5.74, 6) is 0.289. The Morgan fingerprint density at radius 1 is 1.47 bits per heavy atom. The Kier molecular flexibility index (Phi) is 1.87. The molecule has 0 radical (unpaired) electrons. The van der Waals surface area contributed by atoms with Gasteiger partial charge in [-0.15, -0.1) is 11.8 Å². The van der Waals surface area contributed by atoms with Gasteiger partial charge in [0.15, 0.2) is 0 Å². The van der Waals surface area contributed by atoms with Crippen molar-refractivity contribution in [3.05, 3.63) is 29.8 Å². The lowest BCUT2D eigenvalue weighted by Crippen LogP contribution is -2.20. The van der Waals surface area contributed by atoms with Gasteiger partial charge in [0, 0.05) is 10.3 Å². The third-order valence-corrected chi connectivity index (χ3v) is 4.68. The van der Waals surface area contributed by atoms with Gasteiger partial charge >= 0.3 is 5.97 Å². The highest BCUT2D eigenvalue weighted by atomic mass is 32.2. The van der Waals surface area contributed by atoms with Gasteiger partial charge in [-0.2, -0.15) is 0 Å². The van der Waals surface area contributed by atoms with E-state index in [9.17, 15) is 4.79 Å². The van der Waals surface area contributed by atoms with Crippen LogP contribution in [0.3, 0.4) is 0 Å². The van der Waals surface area contributed by atoms with E-state index in [0.717, 1.165) is 18.6 Å². The zero-order valence-corrected chi connectivity index (χ0v) is 9.09. The molecule has 0 amide bonds. The number of carbonyl (C=O) groups is 1. The van der Waals surface area contributed by atoms with E-state index in [1.807, 2.05) is 23.9 Å². The molecular weight excluding hydrogens is 208 g/mol. The van der Waals surface area contributed by atoms with Crippen molar-refractivity contribution < 1.29 is 9.90 Å². The maximum atomic E-state index is 11.0. The number of rotatable bonds is 1. The molecular formula is C12H12O2S. The summed E-state index contributed by atoms with van der Waals surface area (Å²) < 4.78 is 0. The lowest BCUT2D eigenvalue weighted by molar-refractivity contribution is -0.139. The van der Waals surface area contributed by atoms with E-state index in [-0.39, 0.29) is 11.3 Å². The fraction of sp³-hybridized carbons (Fsp3) is 0.417. The predicted octanol–water partition coefficient (Wildman–Crippen LogP) is 2.52. The van der Waals surface area contributed by atoms with Gasteiger partial charge < -0.3 is 5.11 Å². The molecule has 78 valence electrons. The molecule has 2 atom stereocenters. The summed E-state index contributed by atoms with van der Waals surface area (Å²) in [6.45, 7) is 0. The minimum Gasteiger partial charge on any atom is -0.481 e. The maximum Gasteiger partial charge on any atom is 0.307 e. The van der Waals surface area contributed by atoms with Gasteiger partial charge in [-0.05, 0) is 30.2 Å². The molecule has 1 aliphatic carbocycles. The van der Waals surface area contributed by atoms with E-state index < -0.39 is 5.97 Å². The average Bonchev–Trinajstić information content (AvgIpc) is 2.95. The average molecular weight is 220 g/mol. The van der Waals surface area contributed by atoms with E-state index >= 15 is 0 Å². The van der Waals surface area contributed by atoms with Crippen molar-refractivity contribution in [2.24, 2.45) is 5.92 Å². The molecule has 1 fully saturated rings. The topological polar surface area (TPSA) is 37.3 Å². The summed E-state index contributed by atoms with van der Waals surface area (Å²) in [4.78, 5) is 12.3. The zero-order valence-electron chi connectivity index (χ0n) is 8.27. The van der Waals surface area contributed by atoms with E-state index in [1.54, 1.807) is 0 Å². The Morgan fingerprint density at radius 2 is 2.27 bits per heavy atom.